The Morgan fingerprint density at radius 2 is 1.60 bits per heavy atom. The van der Waals surface area contributed by atoms with Crippen LogP contribution in [0.1, 0.15) is 55.7 Å². The van der Waals surface area contributed by atoms with Crippen LogP contribution in [0.15, 0.2) is 24.3 Å². The molecule has 1 saturated heterocycles. The van der Waals surface area contributed by atoms with Crippen molar-refractivity contribution in [2.45, 2.75) is 57.0 Å². The molecule has 1 aliphatic carbocycles. The molecule has 2 heteroatoms. The minimum Gasteiger partial charge on any atom is -0.311 e. The van der Waals surface area contributed by atoms with Crippen LogP contribution in [-0.2, 0) is 0 Å². The zero-order valence-electron chi connectivity index (χ0n) is 13.0. The van der Waals surface area contributed by atoms with E-state index < -0.39 is 0 Å². The van der Waals surface area contributed by atoms with Gasteiger partial charge in [0.2, 0.25) is 0 Å². The molecule has 2 aliphatic rings. The van der Waals surface area contributed by atoms with Crippen molar-refractivity contribution in [3.05, 3.63) is 35.4 Å². The van der Waals surface area contributed by atoms with Gasteiger partial charge in [0.25, 0.3) is 0 Å². The molecule has 1 aromatic carbocycles. The summed E-state index contributed by atoms with van der Waals surface area (Å²) in [5.74, 6) is 0. The Morgan fingerprint density at radius 1 is 1.00 bits per heavy atom. The Balaban J connectivity index is 1.93. The van der Waals surface area contributed by atoms with E-state index in [1.54, 1.807) is 0 Å². The summed E-state index contributed by atoms with van der Waals surface area (Å²) in [6.45, 7) is 4.76. The van der Waals surface area contributed by atoms with E-state index in [-0.39, 0.29) is 0 Å². The van der Waals surface area contributed by atoms with Crippen molar-refractivity contribution in [1.82, 2.24) is 10.2 Å². The summed E-state index contributed by atoms with van der Waals surface area (Å²) in [5, 5.41) is 3.66. The molecule has 1 atom stereocenters. The highest BCUT2D eigenvalue weighted by Crippen LogP contribution is 2.45. The van der Waals surface area contributed by atoms with Crippen LogP contribution in [0.4, 0.5) is 0 Å². The van der Waals surface area contributed by atoms with E-state index >= 15 is 0 Å². The molecule has 1 aliphatic heterocycles. The highest BCUT2D eigenvalue weighted by atomic mass is 15.2. The third-order valence-corrected chi connectivity index (χ3v) is 5.44. The minimum absolute atomic E-state index is 0.362. The number of benzene rings is 1. The SMILES string of the molecule is CNC(c1ccc(C)cc1)C1(N2CCCC2)CCCC1. The first-order valence-corrected chi connectivity index (χ1v) is 8.25. The Morgan fingerprint density at radius 3 is 2.15 bits per heavy atom. The number of likely N-dealkylation sites (N-methyl/N-ethyl adjacent to an activating group) is 1. The first-order chi connectivity index (χ1) is 9.76. The number of likely N-dealkylation sites (tertiary alicyclic amines) is 1. The van der Waals surface area contributed by atoms with Crippen LogP contribution in [0.2, 0.25) is 0 Å². The maximum atomic E-state index is 3.66. The van der Waals surface area contributed by atoms with Crippen LogP contribution in [0, 0.1) is 6.92 Å². The van der Waals surface area contributed by atoms with E-state index in [1.807, 2.05) is 0 Å². The molecular formula is C18H28N2. The van der Waals surface area contributed by atoms with E-state index in [2.05, 4.69) is 48.5 Å². The summed E-state index contributed by atoms with van der Waals surface area (Å²) in [7, 11) is 2.14. The van der Waals surface area contributed by atoms with Gasteiger partial charge < -0.3 is 5.32 Å². The van der Waals surface area contributed by atoms with Gasteiger partial charge in [-0.2, -0.15) is 0 Å². The second kappa shape index (κ2) is 5.87. The minimum atomic E-state index is 0.362. The number of aryl methyl sites for hydroxylation is 1. The molecule has 1 aromatic rings. The molecule has 110 valence electrons. The van der Waals surface area contributed by atoms with Gasteiger partial charge in [-0.05, 0) is 58.3 Å². The van der Waals surface area contributed by atoms with Gasteiger partial charge in [0.15, 0.2) is 0 Å². The van der Waals surface area contributed by atoms with Gasteiger partial charge in [0.05, 0.1) is 6.04 Å². The normalized spacial score (nSPS) is 24.1. The van der Waals surface area contributed by atoms with Crippen molar-refractivity contribution < 1.29 is 0 Å². The summed E-state index contributed by atoms with van der Waals surface area (Å²) in [4.78, 5) is 2.79. The summed E-state index contributed by atoms with van der Waals surface area (Å²) in [5.41, 5.74) is 3.18. The highest BCUT2D eigenvalue weighted by Gasteiger charge is 2.46. The number of hydrogen-bond acceptors (Lipinski definition) is 2. The standard InChI is InChI=1S/C18H28N2/c1-15-7-9-16(10-8-15)17(19-2)18(11-3-4-12-18)20-13-5-6-14-20/h7-10,17,19H,3-6,11-14H2,1-2H3. The first kappa shape index (κ1) is 14.1. The lowest BCUT2D eigenvalue weighted by Gasteiger charge is -2.45. The Bertz CT molecular complexity index is 425. The lowest BCUT2D eigenvalue weighted by atomic mass is 9.82. The van der Waals surface area contributed by atoms with Crippen molar-refractivity contribution in [3.8, 4) is 0 Å². The lowest BCUT2D eigenvalue weighted by Crippen LogP contribution is -2.53. The third kappa shape index (κ3) is 2.40. The van der Waals surface area contributed by atoms with Crippen LogP contribution in [0.3, 0.4) is 0 Å². The maximum Gasteiger partial charge on any atom is 0.0504 e. The van der Waals surface area contributed by atoms with Crippen LogP contribution in [0.25, 0.3) is 0 Å². The van der Waals surface area contributed by atoms with Gasteiger partial charge >= 0.3 is 0 Å². The highest BCUT2D eigenvalue weighted by molar-refractivity contribution is 5.28. The van der Waals surface area contributed by atoms with E-state index in [9.17, 15) is 0 Å². The lowest BCUT2D eigenvalue weighted by molar-refractivity contribution is 0.0796. The molecule has 0 radical (unpaired) electrons. The molecular weight excluding hydrogens is 244 g/mol. The van der Waals surface area contributed by atoms with Crippen LogP contribution >= 0.6 is 0 Å². The molecule has 1 saturated carbocycles. The molecule has 2 fully saturated rings. The summed E-state index contributed by atoms with van der Waals surface area (Å²) < 4.78 is 0. The van der Waals surface area contributed by atoms with Crippen LogP contribution < -0.4 is 5.32 Å². The quantitative estimate of drug-likeness (QED) is 0.900. The van der Waals surface area contributed by atoms with Crippen LogP contribution in [-0.4, -0.2) is 30.6 Å². The number of nitrogens with one attached hydrogen (secondary N) is 1. The largest absolute Gasteiger partial charge is 0.311 e. The zero-order chi connectivity index (χ0) is 14.0. The second-order valence-electron chi connectivity index (χ2n) is 6.64. The van der Waals surface area contributed by atoms with Gasteiger partial charge in [-0.15, -0.1) is 0 Å². The fraction of sp³-hybridized carbons (Fsp3) is 0.667. The number of hydrogen-bond donors (Lipinski definition) is 1. The van der Waals surface area contributed by atoms with E-state index in [1.165, 1.54) is 62.7 Å². The molecule has 1 N–H and O–H groups in total. The molecule has 0 spiro atoms. The number of nitrogens with zero attached hydrogens (tertiary/aromatic N) is 1. The van der Waals surface area contributed by atoms with Gasteiger partial charge in [0.1, 0.15) is 0 Å². The van der Waals surface area contributed by atoms with Crippen LogP contribution in [0.5, 0.6) is 0 Å². The summed E-state index contributed by atoms with van der Waals surface area (Å²) >= 11 is 0. The molecule has 0 amide bonds. The monoisotopic (exact) mass is 272 g/mol. The fourth-order valence-corrected chi connectivity index (χ4v) is 4.44. The van der Waals surface area contributed by atoms with E-state index in [0.717, 1.165) is 0 Å². The van der Waals surface area contributed by atoms with Crippen molar-refractivity contribution in [2.24, 2.45) is 0 Å². The molecule has 1 heterocycles. The van der Waals surface area contributed by atoms with Gasteiger partial charge in [0, 0.05) is 5.54 Å². The molecule has 20 heavy (non-hydrogen) atoms. The average Bonchev–Trinajstić information content (AvgIpc) is 3.12. The smallest absolute Gasteiger partial charge is 0.0504 e. The van der Waals surface area contributed by atoms with Gasteiger partial charge in [-0.3, -0.25) is 4.90 Å². The first-order valence-electron chi connectivity index (χ1n) is 8.25. The predicted octanol–water partition coefficient (Wildman–Crippen LogP) is 3.66. The Labute approximate surface area is 123 Å². The van der Waals surface area contributed by atoms with Gasteiger partial charge in [-0.1, -0.05) is 42.7 Å². The topological polar surface area (TPSA) is 15.3 Å². The van der Waals surface area contributed by atoms with Crippen molar-refractivity contribution in [3.63, 3.8) is 0 Å². The third-order valence-electron chi connectivity index (χ3n) is 5.44. The summed E-state index contributed by atoms with van der Waals surface area (Å²) in [6.07, 6.45) is 8.25. The van der Waals surface area contributed by atoms with Crippen molar-refractivity contribution in [1.29, 1.82) is 0 Å². The van der Waals surface area contributed by atoms with Crippen molar-refractivity contribution >= 4 is 0 Å². The fourth-order valence-electron chi connectivity index (χ4n) is 4.44. The zero-order valence-corrected chi connectivity index (χ0v) is 13.0. The maximum absolute atomic E-state index is 3.66. The van der Waals surface area contributed by atoms with E-state index in [0.29, 0.717) is 11.6 Å². The second-order valence-corrected chi connectivity index (χ2v) is 6.64. The molecule has 2 nitrogen and oxygen atoms in total. The number of rotatable bonds is 4. The van der Waals surface area contributed by atoms with E-state index in [4.69, 9.17) is 0 Å². The summed E-state index contributed by atoms with van der Waals surface area (Å²) in [6, 6.07) is 9.64. The molecule has 0 aromatic heterocycles. The molecule has 3 rings (SSSR count). The van der Waals surface area contributed by atoms with Crippen molar-refractivity contribution in [2.75, 3.05) is 20.1 Å². The van der Waals surface area contributed by atoms with Gasteiger partial charge in [-0.25, -0.2) is 0 Å². The molecule has 1 unspecified atom stereocenters. The Kier molecular flexibility index (Phi) is 4.13. The molecule has 0 bridgehead atoms. The Hall–Kier alpha value is -0.860. The average molecular weight is 272 g/mol. The predicted molar refractivity (Wildman–Crippen MR) is 85.0 cm³/mol.